The van der Waals surface area contributed by atoms with Gasteiger partial charge in [0.25, 0.3) is 0 Å². The molecule has 2 nitrogen and oxygen atoms in total. The first kappa shape index (κ1) is 9.00. The quantitative estimate of drug-likeness (QED) is 0.452. The Balaban J connectivity index is 3.67. The lowest BCUT2D eigenvalue weighted by atomic mass is 10.6. The number of carbonyl (C=O) groups excluding carboxylic acids is 1. The standard InChI is InChI=1S/C5H5F3O2/c1-2-3(9)10-5(8)4(6)7/h2,4-5H,1H2. The van der Waals surface area contributed by atoms with Crippen molar-refractivity contribution in [2.75, 3.05) is 0 Å². The maximum Gasteiger partial charge on any atom is 0.332 e. The molecule has 0 rings (SSSR count). The second-order valence-corrected chi connectivity index (χ2v) is 1.33. The van der Waals surface area contributed by atoms with Crippen molar-refractivity contribution in [1.29, 1.82) is 0 Å². The molecule has 0 aromatic rings. The van der Waals surface area contributed by atoms with E-state index >= 15 is 0 Å². The van der Waals surface area contributed by atoms with Crippen LogP contribution in [0.4, 0.5) is 13.2 Å². The molecule has 0 amide bonds. The number of hydrogen-bond acceptors (Lipinski definition) is 2. The van der Waals surface area contributed by atoms with Crippen molar-refractivity contribution < 1.29 is 22.7 Å². The van der Waals surface area contributed by atoms with Gasteiger partial charge in [0.1, 0.15) is 0 Å². The summed E-state index contributed by atoms with van der Waals surface area (Å²) in [6.07, 6.45) is -5.55. The molecule has 1 unspecified atom stereocenters. The molecule has 0 saturated carbocycles. The fourth-order valence-corrected chi connectivity index (χ4v) is 0.211. The van der Waals surface area contributed by atoms with Crippen LogP contribution in [0.3, 0.4) is 0 Å². The van der Waals surface area contributed by atoms with Crippen molar-refractivity contribution in [2.24, 2.45) is 0 Å². The maximum atomic E-state index is 11.7. The molecule has 1 atom stereocenters. The molecule has 0 aliphatic heterocycles. The molecule has 0 N–H and O–H groups in total. The van der Waals surface area contributed by atoms with Crippen molar-refractivity contribution in [3.05, 3.63) is 12.7 Å². The fraction of sp³-hybridized carbons (Fsp3) is 0.400. The van der Waals surface area contributed by atoms with Crippen molar-refractivity contribution in [2.45, 2.75) is 12.8 Å². The SMILES string of the molecule is C=CC(=O)OC(F)C(F)F. The molecule has 58 valence electrons. The van der Waals surface area contributed by atoms with Gasteiger partial charge >= 0.3 is 18.8 Å². The zero-order valence-corrected chi connectivity index (χ0v) is 4.89. The Kier molecular flexibility index (Phi) is 3.53. The van der Waals surface area contributed by atoms with E-state index in [9.17, 15) is 18.0 Å². The summed E-state index contributed by atoms with van der Waals surface area (Å²) in [4.78, 5) is 10.0. The van der Waals surface area contributed by atoms with Gasteiger partial charge in [-0.25, -0.2) is 13.6 Å². The summed E-state index contributed by atoms with van der Waals surface area (Å²) in [5.41, 5.74) is 0. The lowest BCUT2D eigenvalue weighted by Crippen LogP contribution is -2.19. The van der Waals surface area contributed by atoms with Crippen LogP contribution in [-0.2, 0) is 9.53 Å². The number of rotatable bonds is 3. The molecule has 0 spiro atoms. The van der Waals surface area contributed by atoms with Gasteiger partial charge in [-0.05, 0) is 0 Å². The molecular weight excluding hydrogens is 149 g/mol. The summed E-state index contributed by atoms with van der Waals surface area (Å²) in [6, 6.07) is 0. The highest BCUT2D eigenvalue weighted by atomic mass is 19.3. The van der Waals surface area contributed by atoms with Crippen LogP contribution >= 0.6 is 0 Å². The fourth-order valence-electron chi connectivity index (χ4n) is 0.211. The van der Waals surface area contributed by atoms with Gasteiger partial charge in [0.2, 0.25) is 0 Å². The first-order valence-corrected chi connectivity index (χ1v) is 2.33. The van der Waals surface area contributed by atoms with Crippen LogP contribution in [0.15, 0.2) is 12.7 Å². The number of esters is 1. The minimum atomic E-state index is -3.30. The van der Waals surface area contributed by atoms with E-state index in [-0.39, 0.29) is 0 Å². The maximum absolute atomic E-state index is 11.7. The zero-order valence-electron chi connectivity index (χ0n) is 4.89. The van der Waals surface area contributed by atoms with Crippen LogP contribution in [0, 0.1) is 0 Å². The Labute approximate surface area is 55.3 Å². The Morgan fingerprint density at radius 3 is 2.30 bits per heavy atom. The summed E-state index contributed by atoms with van der Waals surface area (Å²) >= 11 is 0. The third kappa shape index (κ3) is 3.11. The van der Waals surface area contributed by atoms with Crippen LogP contribution in [-0.4, -0.2) is 18.8 Å². The Morgan fingerprint density at radius 1 is 1.50 bits per heavy atom. The van der Waals surface area contributed by atoms with Gasteiger partial charge in [-0.15, -0.1) is 0 Å². The van der Waals surface area contributed by atoms with E-state index in [1.807, 2.05) is 0 Å². The van der Waals surface area contributed by atoms with Gasteiger partial charge in [0.05, 0.1) is 0 Å². The largest absolute Gasteiger partial charge is 0.422 e. The average Bonchev–Trinajstić information content (AvgIpc) is 1.87. The first-order valence-electron chi connectivity index (χ1n) is 2.33. The van der Waals surface area contributed by atoms with Gasteiger partial charge in [0.15, 0.2) is 0 Å². The molecule has 10 heavy (non-hydrogen) atoms. The summed E-state index contributed by atoms with van der Waals surface area (Å²) in [5.74, 6) is -1.20. The second-order valence-electron chi connectivity index (χ2n) is 1.33. The third-order valence-electron chi connectivity index (χ3n) is 0.594. The predicted octanol–water partition coefficient (Wildman–Crippen LogP) is 1.28. The van der Waals surface area contributed by atoms with E-state index in [4.69, 9.17) is 0 Å². The molecule has 5 heteroatoms. The van der Waals surface area contributed by atoms with Crippen LogP contribution < -0.4 is 0 Å². The monoisotopic (exact) mass is 154 g/mol. The predicted molar refractivity (Wildman–Crippen MR) is 27.2 cm³/mol. The summed E-state index contributed by atoms with van der Waals surface area (Å²) in [7, 11) is 0. The van der Waals surface area contributed by atoms with E-state index in [1.165, 1.54) is 0 Å². The second kappa shape index (κ2) is 3.92. The van der Waals surface area contributed by atoms with Gasteiger partial charge in [-0.1, -0.05) is 6.58 Å². The van der Waals surface area contributed by atoms with Gasteiger partial charge in [0, 0.05) is 6.08 Å². The number of carbonyl (C=O) groups is 1. The van der Waals surface area contributed by atoms with Crippen molar-refractivity contribution in [3.8, 4) is 0 Å². The van der Waals surface area contributed by atoms with E-state index in [0.29, 0.717) is 6.08 Å². The highest BCUT2D eigenvalue weighted by molar-refractivity contribution is 5.81. The van der Waals surface area contributed by atoms with Gasteiger partial charge in [-0.2, -0.15) is 4.39 Å². The van der Waals surface area contributed by atoms with Crippen LogP contribution in [0.1, 0.15) is 0 Å². The number of ether oxygens (including phenoxy) is 1. The summed E-state index contributed by atoms with van der Waals surface area (Å²) in [5, 5.41) is 0. The van der Waals surface area contributed by atoms with E-state index in [2.05, 4.69) is 11.3 Å². The van der Waals surface area contributed by atoms with Crippen molar-refractivity contribution in [3.63, 3.8) is 0 Å². The minimum Gasteiger partial charge on any atom is -0.422 e. The van der Waals surface area contributed by atoms with E-state index < -0.39 is 18.8 Å². The normalized spacial score (nSPS) is 12.8. The topological polar surface area (TPSA) is 26.3 Å². The summed E-state index contributed by atoms with van der Waals surface area (Å²) in [6.45, 7) is 2.89. The van der Waals surface area contributed by atoms with Crippen LogP contribution in [0.2, 0.25) is 0 Å². The molecule has 0 heterocycles. The van der Waals surface area contributed by atoms with Crippen LogP contribution in [0.25, 0.3) is 0 Å². The lowest BCUT2D eigenvalue weighted by Gasteiger charge is -2.05. The van der Waals surface area contributed by atoms with Gasteiger partial charge < -0.3 is 4.74 Å². The van der Waals surface area contributed by atoms with Crippen LogP contribution in [0.5, 0.6) is 0 Å². The highest BCUT2D eigenvalue weighted by Crippen LogP contribution is 2.06. The number of alkyl halides is 3. The number of halogens is 3. The summed E-state index contributed by atoms with van der Waals surface area (Å²) < 4.78 is 37.7. The smallest absolute Gasteiger partial charge is 0.332 e. The Hall–Kier alpha value is -1.00. The highest BCUT2D eigenvalue weighted by Gasteiger charge is 2.21. The third-order valence-corrected chi connectivity index (χ3v) is 0.594. The zero-order chi connectivity index (χ0) is 8.15. The lowest BCUT2D eigenvalue weighted by molar-refractivity contribution is -0.168. The average molecular weight is 154 g/mol. The number of hydrogen-bond donors (Lipinski definition) is 0. The molecule has 0 aromatic heterocycles. The van der Waals surface area contributed by atoms with Crippen molar-refractivity contribution in [1.82, 2.24) is 0 Å². The molecule has 0 saturated heterocycles. The van der Waals surface area contributed by atoms with E-state index in [0.717, 1.165) is 0 Å². The molecule has 0 radical (unpaired) electrons. The molecule has 0 aliphatic rings. The molecular formula is C5H5F3O2. The molecule has 0 aromatic carbocycles. The minimum absolute atomic E-state index is 0.606. The van der Waals surface area contributed by atoms with Gasteiger partial charge in [-0.3, -0.25) is 0 Å². The Bertz CT molecular complexity index is 135. The molecule has 0 bridgehead atoms. The molecule has 0 fully saturated rings. The van der Waals surface area contributed by atoms with E-state index in [1.54, 1.807) is 0 Å². The van der Waals surface area contributed by atoms with Crippen molar-refractivity contribution >= 4 is 5.97 Å². The first-order chi connectivity index (χ1) is 4.57. The Morgan fingerprint density at radius 2 is 2.00 bits per heavy atom. The molecule has 0 aliphatic carbocycles.